The molecule has 0 radical (unpaired) electrons. The van der Waals surface area contributed by atoms with Crippen molar-refractivity contribution in [2.24, 2.45) is 11.7 Å². The third kappa shape index (κ3) is 3.34. The van der Waals surface area contributed by atoms with Gasteiger partial charge < -0.3 is 20.9 Å². The van der Waals surface area contributed by atoms with Crippen molar-refractivity contribution >= 4 is 34.7 Å². The number of aromatic nitrogens is 4. The first-order chi connectivity index (χ1) is 12.2. The molecule has 4 N–H and O–H groups in total. The van der Waals surface area contributed by atoms with E-state index in [2.05, 4.69) is 25.3 Å². The molecule has 132 valence electrons. The molecular formula is C16H21N7OS. The lowest BCUT2D eigenvalue weighted by Crippen LogP contribution is -2.37. The van der Waals surface area contributed by atoms with Gasteiger partial charge in [-0.2, -0.15) is 0 Å². The molecule has 1 fully saturated rings. The number of rotatable bonds is 4. The number of anilines is 1. The van der Waals surface area contributed by atoms with Gasteiger partial charge in [-0.3, -0.25) is 4.79 Å². The number of nitrogens with two attached hydrogens (primary N) is 1. The van der Waals surface area contributed by atoms with Crippen molar-refractivity contribution in [1.29, 1.82) is 0 Å². The second-order valence-corrected chi connectivity index (χ2v) is 7.54. The summed E-state index contributed by atoms with van der Waals surface area (Å²) in [6.07, 6.45) is 8.26. The van der Waals surface area contributed by atoms with Crippen LogP contribution in [0.3, 0.4) is 0 Å². The molecular weight excluding hydrogens is 338 g/mol. The predicted molar refractivity (Wildman–Crippen MR) is 97.9 cm³/mol. The maximum Gasteiger partial charge on any atom is 0.259 e. The van der Waals surface area contributed by atoms with Crippen LogP contribution >= 0.6 is 11.8 Å². The normalized spacial score (nSPS) is 23.7. The fourth-order valence-corrected chi connectivity index (χ4v) is 4.30. The monoisotopic (exact) mass is 359 g/mol. The molecule has 9 heteroatoms. The predicted octanol–water partition coefficient (Wildman–Crippen LogP) is 0.991. The minimum absolute atomic E-state index is 0.0382. The minimum Gasteiger partial charge on any atom is -0.351 e. The Balaban J connectivity index is 1.48. The first-order valence-electron chi connectivity index (χ1n) is 8.51. The van der Waals surface area contributed by atoms with Crippen molar-refractivity contribution in [2.45, 2.75) is 25.3 Å². The van der Waals surface area contributed by atoms with Gasteiger partial charge in [0.15, 0.2) is 11.5 Å². The summed E-state index contributed by atoms with van der Waals surface area (Å²) in [6.45, 7) is 1.43. The Morgan fingerprint density at radius 2 is 2.32 bits per heavy atom. The third-order valence-corrected chi connectivity index (χ3v) is 5.79. The maximum absolute atomic E-state index is 12.5. The van der Waals surface area contributed by atoms with E-state index in [1.807, 2.05) is 11.1 Å². The van der Waals surface area contributed by atoms with E-state index in [9.17, 15) is 4.79 Å². The Kier molecular flexibility index (Phi) is 4.58. The highest BCUT2D eigenvalue weighted by atomic mass is 32.2. The molecule has 8 nitrogen and oxygen atoms in total. The first kappa shape index (κ1) is 16.3. The smallest absolute Gasteiger partial charge is 0.259 e. The van der Waals surface area contributed by atoms with Crippen molar-refractivity contribution in [3.8, 4) is 0 Å². The van der Waals surface area contributed by atoms with Gasteiger partial charge >= 0.3 is 0 Å². The van der Waals surface area contributed by atoms with Crippen LogP contribution in [0.2, 0.25) is 0 Å². The molecule has 1 saturated carbocycles. The van der Waals surface area contributed by atoms with E-state index in [0.29, 0.717) is 23.0 Å². The van der Waals surface area contributed by atoms with Gasteiger partial charge in [-0.05, 0) is 18.8 Å². The Morgan fingerprint density at radius 1 is 1.40 bits per heavy atom. The van der Waals surface area contributed by atoms with Crippen molar-refractivity contribution < 1.29 is 4.79 Å². The highest BCUT2D eigenvalue weighted by Crippen LogP contribution is 2.28. The van der Waals surface area contributed by atoms with Crippen LogP contribution in [0.25, 0.3) is 11.2 Å². The van der Waals surface area contributed by atoms with Gasteiger partial charge in [0.05, 0.1) is 11.2 Å². The number of fused-ring (bicyclic) bond motifs is 1. The van der Waals surface area contributed by atoms with Crippen molar-refractivity contribution in [2.75, 3.05) is 23.7 Å². The Labute approximate surface area is 149 Å². The van der Waals surface area contributed by atoms with Gasteiger partial charge in [-0.15, -0.1) is 11.8 Å². The number of imidazole rings is 1. The molecule has 1 aliphatic carbocycles. The summed E-state index contributed by atoms with van der Waals surface area (Å²) < 4.78 is 0. The summed E-state index contributed by atoms with van der Waals surface area (Å²) in [5, 5.41) is 3.04. The number of aromatic amines is 1. The summed E-state index contributed by atoms with van der Waals surface area (Å²) in [5.41, 5.74) is 7.48. The van der Waals surface area contributed by atoms with Crippen LogP contribution in [0, 0.1) is 5.92 Å². The molecule has 0 bridgehead atoms. The van der Waals surface area contributed by atoms with Crippen molar-refractivity contribution in [3.63, 3.8) is 0 Å². The Morgan fingerprint density at radius 3 is 3.16 bits per heavy atom. The quantitative estimate of drug-likeness (QED) is 0.746. The number of amides is 1. The maximum atomic E-state index is 12.5. The summed E-state index contributed by atoms with van der Waals surface area (Å²) in [5.74, 6) is 1.91. The van der Waals surface area contributed by atoms with Gasteiger partial charge in [-0.25, -0.2) is 15.0 Å². The summed E-state index contributed by atoms with van der Waals surface area (Å²) in [4.78, 5) is 30.9. The van der Waals surface area contributed by atoms with E-state index in [4.69, 9.17) is 5.73 Å². The van der Waals surface area contributed by atoms with E-state index in [1.54, 1.807) is 18.1 Å². The van der Waals surface area contributed by atoms with Crippen molar-refractivity contribution in [3.05, 3.63) is 23.8 Å². The average Bonchev–Trinajstić information content (AvgIpc) is 3.28. The average molecular weight is 359 g/mol. The molecule has 2 aromatic heterocycles. The SMILES string of the molecule is N[C@H]1CCC[C@H]1CNC(=O)C1=CN(c2ncnc3nc[nH]c23)CCS1. The van der Waals surface area contributed by atoms with Gasteiger partial charge in [0.1, 0.15) is 11.8 Å². The van der Waals surface area contributed by atoms with E-state index in [0.717, 1.165) is 42.9 Å². The number of carbonyl (C=O) groups excluding carboxylic acids is 1. The van der Waals surface area contributed by atoms with E-state index in [-0.39, 0.29) is 11.9 Å². The van der Waals surface area contributed by atoms with Crippen LogP contribution < -0.4 is 16.0 Å². The fourth-order valence-electron chi connectivity index (χ4n) is 3.39. The molecule has 0 spiro atoms. The molecule has 3 heterocycles. The lowest BCUT2D eigenvalue weighted by Gasteiger charge is -2.25. The number of carbonyl (C=O) groups is 1. The number of H-pyrrole nitrogens is 1. The van der Waals surface area contributed by atoms with Crippen LogP contribution in [0.5, 0.6) is 0 Å². The molecule has 1 amide bonds. The van der Waals surface area contributed by atoms with E-state index < -0.39 is 0 Å². The Hall–Kier alpha value is -2.13. The van der Waals surface area contributed by atoms with Crippen LogP contribution in [-0.4, -0.2) is 50.7 Å². The second kappa shape index (κ2) is 7.01. The van der Waals surface area contributed by atoms with Crippen LogP contribution in [0.4, 0.5) is 5.82 Å². The molecule has 2 aromatic rings. The molecule has 0 saturated heterocycles. The second-order valence-electron chi connectivity index (χ2n) is 6.40. The molecule has 0 aromatic carbocycles. The summed E-state index contributed by atoms with van der Waals surface area (Å²) in [6, 6.07) is 0.208. The molecule has 25 heavy (non-hydrogen) atoms. The number of hydrogen-bond acceptors (Lipinski definition) is 7. The van der Waals surface area contributed by atoms with Gasteiger partial charge in [-0.1, -0.05) is 6.42 Å². The molecule has 4 rings (SSSR count). The topological polar surface area (TPSA) is 113 Å². The van der Waals surface area contributed by atoms with E-state index >= 15 is 0 Å². The van der Waals surface area contributed by atoms with E-state index in [1.165, 1.54) is 6.33 Å². The number of thioether (sulfide) groups is 1. The summed E-state index contributed by atoms with van der Waals surface area (Å²) in [7, 11) is 0. The van der Waals surface area contributed by atoms with Crippen LogP contribution in [-0.2, 0) is 4.79 Å². The third-order valence-electron chi connectivity index (χ3n) is 4.80. The lowest BCUT2D eigenvalue weighted by atomic mass is 10.1. The standard InChI is InChI=1S/C16H21N7OS/c17-11-3-1-2-10(11)6-18-16(24)12-7-23(4-5-25-12)15-13-14(20-8-19-13)21-9-22-15/h7-11H,1-6,17H2,(H,18,24)(H,19,20,21,22)/t10-,11-/m0/s1. The van der Waals surface area contributed by atoms with Gasteiger partial charge in [0.25, 0.3) is 5.91 Å². The zero-order valence-electron chi connectivity index (χ0n) is 13.8. The highest BCUT2D eigenvalue weighted by Gasteiger charge is 2.26. The molecule has 0 unspecified atom stereocenters. The fraction of sp³-hybridized carbons (Fsp3) is 0.500. The van der Waals surface area contributed by atoms with Crippen molar-refractivity contribution in [1.82, 2.24) is 25.3 Å². The zero-order valence-corrected chi connectivity index (χ0v) is 14.6. The Bertz CT molecular complexity index is 805. The molecule has 2 aliphatic rings. The number of nitrogens with zero attached hydrogens (tertiary/aromatic N) is 4. The lowest BCUT2D eigenvalue weighted by molar-refractivity contribution is -0.117. The first-order valence-corrected chi connectivity index (χ1v) is 9.50. The number of hydrogen-bond donors (Lipinski definition) is 3. The summed E-state index contributed by atoms with van der Waals surface area (Å²) >= 11 is 1.57. The highest BCUT2D eigenvalue weighted by molar-refractivity contribution is 8.04. The van der Waals surface area contributed by atoms with Crippen LogP contribution in [0.1, 0.15) is 19.3 Å². The molecule has 2 atom stereocenters. The zero-order chi connectivity index (χ0) is 17.2. The van der Waals surface area contributed by atoms with Crippen LogP contribution in [0.15, 0.2) is 23.8 Å². The largest absolute Gasteiger partial charge is 0.351 e. The van der Waals surface area contributed by atoms with Gasteiger partial charge in [0, 0.05) is 31.1 Å². The minimum atomic E-state index is -0.0382. The van der Waals surface area contributed by atoms with Gasteiger partial charge in [0.2, 0.25) is 0 Å². The molecule has 1 aliphatic heterocycles. The number of nitrogens with one attached hydrogen (secondary N) is 2.